The first-order chi connectivity index (χ1) is 13.6. The number of rotatable bonds is 6. The number of benzene rings is 2. The van der Waals surface area contributed by atoms with Crippen molar-refractivity contribution in [2.45, 2.75) is 6.42 Å². The van der Waals surface area contributed by atoms with E-state index in [2.05, 4.69) is 32.6 Å². The summed E-state index contributed by atoms with van der Waals surface area (Å²) in [7, 11) is 0. The van der Waals surface area contributed by atoms with Crippen LogP contribution >= 0.6 is 0 Å². The van der Waals surface area contributed by atoms with Crippen molar-refractivity contribution in [3.8, 4) is 0 Å². The number of carbonyl (C=O) groups excluding carboxylic acids is 2. The second kappa shape index (κ2) is 9.85. The van der Waals surface area contributed by atoms with Crippen molar-refractivity contribution in [2.24, 2.45) is 0 Å². The van der Waals surface area contributed by atoms with Gasteiger partial charge in [0.15, 0.2) is 0 Å². The van der Waals surface area contributed by atoms with Gasteiger partial charge in [-0.3, -0.25) is 14.5 Å². The van der Waals surface area contributed by atoms with E-state index in [0.717, 1.165) is 39.1 Å². The molecule has 2 aromatic rings. The average molecular weight is 384 g/mol. The molecule has 3 rings (SSSR count). The van der Waals surface area contributed by atoms with E-state index in [1.54, 1.807) is 6.07 Å². The fraction of sp³-hybridized carbons (Fsp3) is 0.333. The van der Waals surface area contributed by atoms with Crippen molar-refractivity contribution in [1.82, 2.24) is 10.2 Å². The van der Waals surface area contributed by atoms with Crippen LogP contribution in [0.1, 0.15) is 6.42 Å². The minimum atomic E-state index is -0.860. The average Bonchev–Trinajstić information content (AvgIpc) is 2.73. The number of para-hydroxylation sites is 2. The lowest BCUT2D eigenvalue weighted by Crippen LogP contribution is -2.47. The molecule has 28 heavy (non-hydrogen) atoms. The first-order valence-corrected chi connectivity index (χ1v) is 9.49. The number of hydrogen-bond acceptors (Lipinski definition) is 4. The molecule has 6 nitrogen and oxygen atoms in total. The fourth-order valence-electron chi connectivity index (χ4n) is 3.20. The molecule has 1 fully saturated rings. The molecule has 0 atom stereocenters. The van der Waals surface area contributed by atoms with Crippen LogP contribution < -0.4 is 15.5 Å². The van der Waals surface area contributed by atoms with E-state index in [9.17, 15) is 14.0 Å². The molecule has 1 heterocycles. The minimum Gasteiger partial charge on any atom is -0.369 e. The van der Waals surface area contributed by atoms with E-state index < -0.39 is 17.6 Å². The molecular formula is C21H25FN4O2. The van der Waals surface area contributed by atoms with E-state index in [-0.39, 0.29) is 5.69 Å². The third-order valence-electron chi connectivity index (χ3n) is 4.76. The molecule has 1 aliphatic rings. The van der Waals surface area contributed by atoms with Crippen LogP contribution in [0.2, 0.25) is 0 Å². The van der Waals surface area contributed by atoms with Crippen LogP contribution in [0.25, 0.3) is 0 Å². The summed E-state index contributed by atoms with van der Waals surface area (Å²) in [6, 6.07) is 16.1. The Hall–Kier alpha value is -2.93. The molecule has 0 saturated carbocycles. The Morgan fingerprint density at radius 3 is 2.29 bits per heavy atom. The van der Waals surface area contributed by atoms with Gasteiger partial charge in [-0.2, -0.15) is 0 Å². The second-order valence-corrected chi connectivity index (χ2v) is 6.71. The van der Waals surface area contributed by atoms with Gasteiger partial charge in [0.1, 0.15) is 5.82 Å². The standard InChI is InChI=1S/C21H25FN4O2/c22-18-9-4-5-10-19(18)24-21(28)20(27)23-11-6-12-25-13-15-26(16-14-25)17-7-2-1-3-8-17/h1-5,7-10H,6,11-16H2,(H,23,27)(H,24,28). The van der Waals surface area contributed by atoms with Crippen LogP contribution in [0.4, 0.5) is 15.8 Å². The number of amides is 2. The molecule has 1 aliphatic heterocycles. The van der Waals surface area contributed by atoms with Crippen molar-refractivity contribution >= 4 is 23.2 Å². The molecule has 0 aliphatic carbocycles. The Balaban J connectivity index is 1.32. The van der Waals surface area contributed by atoms with Gasteiger partial charge in [-0.1, -0.05) is 30.3 Å². The zero-order valence-corrected chi connectivity index (χ0v) is 15.7. The summed E-state index contributed by atoms with van der Waals surface area (Å²) in [4.78, 5) is 28.4. The molecular weight excluding hydrogens is 359 g/mol. The molecule has 2 amide bonds. The zero-order chi connectivity index (χ0) is 19.8. The lowest BCUT2D eigenvalue weighted by atomic mass is 10.2. The van der Waals surface area contributed by atoms with Gasteiger partial charge in [0.05, 0.1) is 5.69 Å². The highest BCUT2D eigenvalue weighted by Gasteiger charge is 2.17. The van der Waals surface area contributed by atoms with Gasteiger partial charge in [-0.15, -0.1) is 0 Å². The number of hydrogen-bond donors (Lipinski definition) is 2. The number of piperazine rings is 1. The lowest BCUT2D eigenvalue weighted by Gasteiger charge is -2.36. The summed E-state index contributed by atoms with van der Waals surface area (Å²) in [5.74, 6) is -2.18. The normalized spacial score (nSPS) is 14.5. The first kappa shape index (κ1) is 19.8. The molecule has 0 radical (unpaired) electrons. The molecule has 0 unspecified atom stereocenters. The summed E-state index contributed by atoms with van der Waals surface area (Å²) in [5, 5.41) is 4.86. The van der Waals surface area contributed by atoms with Crippen LogP contribution in [-0.4, -0.2) is 56.0 Å². The number of halogens is 1. The summed E-state index contributed by atoms with van der Waals surface area (Å²) in [5.41, 5.74) is 1.24. The Bertz CT molecular complexity index is 792. The maximum atomic E-state index is 13.5. The number of carbonyl (C=O) groups is 2. The summed E-state index contributed by atoms with van der Waals surface area (Å²) >= 11 is 0. The van der Waals surface area contributed by atoms with Crippen LogP contribution in [0.15, 0.2) is 54.6 Å². The summed E-state index contributed by atoms with van der Waals surface area (Å²) in [6.45, 7) is 5.15. The van der Waals surface area contributed by atoms with Gasteiger partial charge >= 0.3 is 11.8 Å². The third kappa shape index (κ3) is 5.53. The summed E-state index contributed by atoms with van der Waals surface area (Å²) < 4.78 is 13.5. The topological polar surface area (TPSA) is 64.7 Å². The third-order valence-corrected chi connectivity index (χ3v) is 4.76. The monoisotopic (exact) mass is 384 g/mol. The Labute approximate surface area is 164 Å². The van der Waals surface area contributed by atoms with Crippen molar-refractivity contribution < 1.29 is 14.0 Å². The molecule has 0 spiro atoms. The van der Waals surface area contributed by atoms with Crippen LogP contribution in [-0.2, 0) is 9.59 Å². The second-order valence-electron chi connectivity index (χ2n) is 6.71. The van der Waals surface area contributed by atoms with Gasteiger partial charge in [-0.05, 0) is 37.2 Å². The highest BCUT2D eigenvalue weighted by atomic mass is 19.1. The van der Waals surface area contributed by atoms with Crippen molar-refractivity contribution in [2.75, 3.05) is 49.5 Å². The van der Waals surface area contributed by atoms with Gasteiger partial charge in [0.2, 0.25) is 0 Å². The van der Waals surface area contributed by atoms with Crippen molar-refractivity contribution in [3.63, 3.8) is 0 Å². The zero-order valence-electron chi connectivity index (χ0n) is 15.7. The molecule has 1 saturated heterocycles. The first-order valence-electron chi connectivity index (χ1n) is 9.49. The minimum absolute atomic E-state index is 0.000984. The Kier molecular flexibility index (Phi) is 6.97. The summed E-state index contributed by atoms with van der Waals surface area (Å²) in [6.07, 6.45) is 0.754. The Morgan fingerprint density at radius 2 is 1.57 bits per heavy atom. The highest BCUT2D eigenvalue weighted by Crippen LogP contribution is 2.15. The molecule has 2 aromatic carbocycles. The van der Waals surface area contributed by atoms with Gasteiger partial charge in [0.25, 0.3) is 0 Å². The highest BCUT2D eigenvalue weighted by molar-refractivity contribution is 6.39. The van der Waals surface area contributed by atoms with Gasteiger partial charge in [0, 0.05) is 38.4 Å². The lowest BCUT2D eigenvalue weighted by molar-refractivity contribution is -0.136. The molecule has 0 bridgehead atoms. The number of nitrogens with one attached hydrogen (secondary N) is 2. The van der Waals surface area contributed by atoms with Gasteiger partial charge < -0.3 is 15.5 Å². The maximum Gasteiger partial charge on any atom is 0.313 e. The van der Waals surface area contributed by atoms with Gasteiger partial charge in [-0.25, -0.2) is 4.39 Å². The molecule has 7 heteroatoms. The van der Waals surface area contributed by atoms with E-state index in [1.807, 2.05) is 18.2 Å². The van der Waals surface area contributed by atoms with Crippen LogP contribution in [0.3, 0.4) is 0 Å². The molecule has 2 N–H and O–H groups in total. The quantitative estimate of drug-likeness (QED) is 0.591. The number of nitrogens with zero attached hydrogens (tertiary/aromatic N) is 2. The predicted octanol–water partition coefficient (Wildman–Crippen LogP) is 2.09. The van der Waals surface area contributed by atoms with E-state index in [1.165, 1.54) is 23.9 Å². The van der Waals surface area contributed by atoms with E-state index in [0.29, 0.717) is 6.54 Å². The van der Waals surface area contributed by atoms with Crippen molar-refractivity contribution in [1.29, 1.82) is 0 Å². The predicted molar refractivity (Wildman–Crippen MR) is 108 cm³/mol. The number of anilines is 2. The maximum absolute atomic E-state index is 13.5. The molecule has 0 aromatic heterocycles. The van der Waals surface area contributed by atoms with Crippen LogP contribution in [0, 0.1) is 5.82 Å². The SMILES string of the molecule is O=C(NCCCN1CCN(c2ccccc2)CC1)C(=O)Nc1ccccc1F. The molecule has 148 valence electrons. The van der Waals surface area contributed by atoms with E-state index in [4.69, 9.17) is 0 Å². The van der Waals surface area contributed by atoms with Crippen LogP contribution in [0.5, 0.6) is 0 Å². The smallest absolute Gasteiger partial charge is 0.313 e. The largest absolute Gasteiger partial charge is 0.369 e. The van der Waals surface area contributed by atoms with Crippen molar-refractivity contribution in [3.05, 3.63) is 60.4 Å². The fourth-order valence-corrected chi connectivity index (χ4v) is 3.20. The Morgan fingerprint density at radius 1 is 0.893 bits per heavy atom. The van der Waals surface area contributed by atoms with E-state index >= 15 is 0 Å².